The number of halogens is 1. The van der Waals surface area contributed by atoms with E-state index in [1.54, 1.807) is 11.3 Å². The summed E-state index contributed by atoms with van der Waals surface area (Å²) >= 11 is 7.90. The molecule has 92 valence electrons. The largest absolute Gasteiger partial charge is 0.336 e. The van der Waals surface area contributed by atoms with Gasteiger partial charge in [-0.05, 0) is 24.4 Å². The van der Waals surface area contributed by atoms with Gasteiger partial charge in [0, 0.05) is 11.9 Å². The average Bonchev–Trinajstić information content (AvgIpc) is 2.90. The van der Waals surface area contributed by atoms with Gasteiger partial charge in [0.25, 0.3) is 0 Å². The van der Waals surface area contributed by atoms with Gasteiger partial charge in [0.15, 0.2) is 0 Å². The van der Waals surface area contributed by atoms with E-state index >= 15 is 0 Å². The normalized spacial score (nSPS) is 12.9. The van der Waals surface area contributed by atoms with E-state index in [1.807, 2.05) is 35.6 Å². The Kier molecular flexibility index (Phi) is 4.20. The average molecular weight is 270 g/mol. The molecule has 0 aliphatic carbocycles. The summed E-state index contributed by atoms with van der Waals surface area (Å²) < 4.78 is 2.03. The fraction of sp³-hybridized carbons (Fsp3) is 0.417. The number of imidazole rings is 1. The summed E-state index contributed by atoms with van der Waals surface area (Å²) in [4.78, 5) is 5.33. The van der Waals surface area contributed by atoms with Crippen LogP contribution in [0, 0.1) is 0 Å². The summed E-state index contributed by atoms with van der Waals surface area (Å²) in [6, 6.07) is 2.08. The molecular weight excluding hydrogens is 254 g/mol. The van der Waals surface area contributed by atoms with Gasteiger partial charge in [0.05, 0.1) is 29.3 Å². The Morgan fingerprint density at radius 2 is 2.41 bits per heavy atom. The molecule has 0 amide bonds. The van der Waals surface area contributed by atoms with E-state index in [-0.39, 0.29) is 6.04 Å². The predicted molar refractivity (Wildman–Crippen MR) is 72.7 cm³/mol. The zero-order valence-electron chi connectivity index (χ0n) is 9.98. The topological polar surface area (TPSA) is 29.9 Å². The van der Waals surface area contributed by atoms with Crippen molar-refractivity contribution in [2.45, 2.75) is 19.4 Å². The molecule has 2 heterocycles. The number of aryl methyl sites for hydroxylation is 1. The molecule has 0 radical (unpaired) electrons. The Balaban J connectivity index is 2.32. The molecule has 17 heavy (non-hydrogen) atoms. The van der Waals surface area contributed by atoms with Gasteiger partial charge in [-0.25, -0.2) is 4.98 Å². The maximum absolute atomic E-state index is 6.22. The third kappa shape index (κ3) is 2.70. The Bertz CT molecular complexity index is 437. The van der Waals surface area contributed by atoms with Crippen LogP contribution in [0.2, 0.25) is 5.02 Å². The van der Waals surface area contributed by atoms with Gasteiger partial charge < -0.3 is 9.88 Å². The second-order valence-corrected chi connectivity index (χ2v) is 5.30. The van der Waals surface area contributed by atoms with Crippen LogP contribution in [0.1, 0.15) is 30.0 Å². The van der Waals surface area contributed by atoms with Crippen LogP contribution in [0.5, 0.6) is 0 Å². The molecule has 0 aliphatic heterocycles. The van der Waals surface area contributed by atoms with Gasteiger partial charge in [-0.1, -0.05) is 18.5 Å². The van der Waals surface area contributed by atoms with Gasteiger partial charge in [-0.3, -0.25) is 0 Å². The number of hydrogen-bond acceptors (Lipinski definition) is 3. The predicted octanol–water partition coefficient (Wildman–Crippen LogP) is 3.22. The molecule has 0 saturated heterocycles. The number of rotatable bonds is 5. The molecule has 3 nitrogen and oxygen atoms in total. The third-order valence-electron chi connectivity index (χ3n) is 2.66. The van der Waals surface area contributed by atoms with Crippen molar-refractivity contribution in [3.63, 3.8) is 0 Å². The summed E-state index contributed by atoms with van der Waals surface area (Å²) in [5.41, 5.74) is 1.14. The summed E-state index contributed by atoms with van der Waals surface area (Å²) in [5.74, 6) is 0. The zero-order chi connectivity index (χ0) is 12.3. The van der Waals surface area contributed by atoms with Crippen LogP contribution in [0.25, 0.3) is 0 Å². The highest BCUT2D eigenvalue weighted by Gasteiger charge is 2.20. The van der Waals surface area contributed by atoms with E-state index in [9.17, 15) is 0 Å². The second kappa shape index (κ2) is 5.67. The van der Waals surface area contributed by atoms with Gasteiger partial charge in [0.1, 0.15) is 0 Å². The smallest absolute Gasteiger partial charge is 0.0946 e. The number of hydrogen-bond donors (Lipinski definition) is 1. The first-order valence-corrected chi connectivity index (χ1v) is 6.92. The molecule has 5 heteroatoms. The van der Waals surface area contributed by atoms with Crippen LogP contribution < -0.4 is 5.32 Å². The van der Waals surface area contributed by atoms with E-state index < -0.39 is 0 Å². The van der Waals surface area contributed by atoms with Crippen molar-refractivity contribution in [1.29, 1.82) is 0 Å². The Hall–Kier alpha value is -0.840. The Morgan fingerprint density at radius 1 is 1.59 bits per heavy atom. The lowest BCUT2D eigenvalue weighted by atomic mass is 10.1. The zero-order valence-corrected chi connectivity index (χ0v) is 11.6. The molecule has 2 rings (SSSR count). The van der Waals surface area contributed by atoms with E-state index in [1.165, 1.54) is 0 Å². The SMILES string of the molecule is CCCNC(c1sccc1Cl)c1cncn1C. The fourth-order valence-electron chi connectivity index (χ4n) is 1.78. The monoisotopic (exact) mass is 269 g/mol. The molecule has 0 aromatic carbocycles. The molecule has 1 unspecified atom stereocenters. The molecule has 0 saturated carbocycles. The molecule has 0 fully saturated rings. The first-order valence-electron chi connectivity index (χ1n) is 5.66. The number of nitrogens with one attached hydrogen (secondary N) is 1. The van der Waals surface area contributed by atoms with Crippen molar-refractivity contribution in [3.8, 4) is 0 Å². The number of thiophene rings is 1. The summed E-state index contributed by atoms with van der Waals surface area (Å²) in [5, 5.41) is 6.37. The van der Waals surface area contributed by atoms with Crippen molar-refractivity contribution >= 4 is 22.9 Å². The molecule has 0 spiro atoms. The molecule has 0 aliphatic rings. The van der Waals surface area contributed by atoms with Gasteiger partial charge in [-0.2, -0.15) is 0 Å². The van der Waals surface area contributed by atoms with E-state index in [2.05, 4.69) is 17.2 Å². The Labute approximate surface area is 110 Å². The minimum atomic E-state index is 0.134. The standard InChI is InChI=1S/C12H16ClN3S/c1-3-5-15-11(10-7-14-8-16(10)2)12-9(13)4-6-17-12/h4,6-8,11,15H,3,5H2,1-2H3. The van der Waals surface area contributed by atoms with Crippen LogP contribution in [-0.4, -0.2) is 16.1 Å². The van der Waals surface area contributed by atoms with Gasteiger partial charge in [-0.15, -0.1) is 11.3 Å². The highest BCUT2D eigenvalue weighted by Crippen LogP contribution is 2.32. The van der Waals surface area contributed by atoms with E-state index in [0.29, 0.717) is 0 Å². The van der Waals surface area contributed by atoms with E-state index in [4.69, 9.17) is 11.6 Å². The molecule has 0 bridgehead atoms. The first kappa shape index (κ1) is 12.6. The lowest BCUT2D eigenvalue weighted by Gasteiger charge is -2.18. The fourth-order valence-corrected chi connectivity index (χ4v) is 3.03. The quantitative estimate of drug-likeness (QED) is 0.903. The van der Waals surface area contributed by atoms with Crippen molar-refractivity contribution in [1.82, 2.24) is 14.9 Å². The summed E-state index contributed by atoms with van der Waals surface area (Å²) in [6.07, 6.45) is 4.80. The van der Waals surface area contributed by atoms with Crippen molar-refractivity contribution in [3.05, 3.63) is 39.6 Å². The maximum Gasteiger partial charge on any atom is 0.0946 e. The molecular formula is C12H16ClN3S. The van der Waals surface area contributed by atoms with Crippen molar-refractivity contribution in [2.75, 3.05) is 6.54 Å². The van der Waals surface area contributed by atoms with Gasteiger partial charge in [0.2, 0.25) is 0 Å². The van der Waals surface area contributed by atoms with Crippen LogP contribution in [0.15, 0.2) is 24.0 Å². The van der Waals surface area contributed by atoms with Crippen LogP contribution >= 0.6 is 22.9 Å². The number of aromatic nitrogens is 2. The third-order valence-corrected chi connectivity index (χ3v) is 4.08. The van der Waals surface area contributed by atoms with E-state index in [0.717, 1.165) is 28.6 Å². The minimum absolute atomic E-state index is 0.134. The highest BCUT2D eigenvalue weighted by atomic mass is 35.5. The molecule has 2 aromatic heterocycles. The first-order chi connectivity index (χ1) is 8.24. The van der Waals surface area contributed by atoms with Crippen LogP contribution in [-0.2, 0) is 7.05 Å². The Morgan fingerprint density at radius 3 is 2.94 bits per heavy atom. The molecule has 1 atom stereocenters. The minimum Gasteiger partial charge on any atom is -0.336 e. The highest BCUT2D eigenvalue weighted by molar-refractivity contribution is 7.10. The lowest BCUT2D eigenvalue weighted by molar-refractivity contribution is 0.576. The number of nitrogens with zero attached hydrogens (tertiary/aromatic N) is 2. The summed E-state index contributed by atoms with van der Waals surface area (Å²) in [6.45, 7) is 3.12. The molecule has 2 aromatic rings. The van der Waals surface area contributed by atoms with Crippen molar-refractivity contribution < 1.29 is 0 Å². The van der Waals surface area contributed by atoms with Crippen molar-refractivity contribution in [2.24, 2.45) is 7.05 Å². The maximum atomic E-state index is 6.22. The second-order valence-electron chi connectivity index (χ2n) is 3.95. The van der Waals surface area contributed by atoms with Crippen LogP contribution in [0.3, 0.4) is 0 Å². The molecule has 1 N–H and O–H groups in total. The lowest BCUT2D eigenvalue weighted by Crippen LogP contribution is -2.24. The van der Waals surface area contributed by atoms with Crippen LogP contribution in [0.4, 0.5) is 0 Å². The van der Waals surface area contributed by atoms with Gasteiger partial charge >= 0.3 is 0 Å². The summed E-state index contributed by atoms with van der Waals surface area (Å²) in [7, 11) is 2.00.